The molecule has 760 valence electrons. The van der Waals surface area contributed by atoms with Crippen molar-refractivity contribution < 1.29 is 183 Å². The summed E-state index contributed by atoms with van der Waals surface area (Å²) in [6.45, 7) is 1.01. The lowest BCUT2D eigenvalue weighted by molar-refractivity contribution is -0.393. The fourth-order valence-corrected chi connectivity index (χ4v) is 17.9. The number of unbranched alkanes of at least 4 members (excludes halogenated alkanes) is 33. The van der Waals surface area contributed by atoms with E-state index in [1.165, 1.54) is 167 Å². The number of allylic oxidation sites excluding steroid dienone is 1. The van der Waals surface area contributed by atoms with Gasteiger partial charge in [-0.3, -0.25) is 14.4 Å². The molecule has 0 radical (unpaired) electrons. The van der Waals surface area contributed by atoms with Crippen molar-refractivity contribution in [2.75, 3.05) is 46.2 Å². The van der Waals surface area contributed by atoms with Gasteiger partial charge in [0.15, 0.2) is 44.0 Å². The molecule has 37 atom stereocenters. The fourth-order valence-electron chi connectivity index (χ4n) is 17.9. The Hall–Kier alpha value is -3.21. The van der Waals surface area contributed by atoms with Crippen LogP contribution in [0.5, 0.6) is 0 Å². The molecule has 0 aromatic heterocycles. The molecule has 7 aliphatic heterocycles. The van der Waals surface area contributed by atoms with E-state index >= 15 is 0 Å². The first kappa shape index (κ1) is 114. The molecule has 130 heavy (non-hydrogen) atoms. The third-order valence-electron chi connectivity index (χ3n) is 25.8. The Morgan fingerprint density at radius 1 is 0.315 bits per heavy atom. The molecule has 0 spiro atoms. The Bertz CT molecular complexity index is 3060. The molecule has 0 bridgehead atoms. The van der Waals surface area contributed by atoms with E-state index in [1.807, 2.05) is 6.08 Å². The highest BCUT2D eigenvalue weighted by Crippen LogP contribution is 2.40. The minimum Gasteiger partial charge on any atom is -0.394 e. The lowest BCUT2D eigenvalue weighted by atomic mass is 9.93. The molecule has 3 amide bonds. The van der Waals surface area contributed by atoms with Gasteiger partial charge >= 0.3 is 0 Å². The van der Waals surface area contributed by atoms with Crippen molar-refractivity contribution in [1.82, 2.24) is 16.0 Å². The van der Waals surface area contributed by atoms with Gasteiger partial charge in [-0.25, -0.2) is 0 Å². The Balaban J connectivity index is 0.976. The molecular formula is C90H163N3O37. The zero-order chi connectivity index (χ0) is 94.9. The molecule has 7 heterocycles. The van der Waals surface area contributed by atoms with Crippen LogP contribution in [0.2, 0.25) is 0 Å². The minimum atomic E-state index is -2.34. The number of rotatable bonds is 62. The number of carbonyl (C=O) groups excluding carboxylic acids is 3. The number of carbonyl (C=O) groups is 3. The van der Waals surface area contributed by atoms with Crippen LogP contribution < -0.4 is 16.0 Å². The quantitative estimate of drug-likeness (QED) is 0.0271. The Labute approximate surface area is 764 Å². The normalized spacial score (nSPS) is 37.3. The first-order chi connectivity index (χ1) is 62.5. The predicted molar refractivity (Wildman–Crippen MR) is 462 cm³/mol. The van der Waals surface area contributed by atoms with E-state index in [1.54, 1.807) is 6.08 Å². The van der Waals surface area contributed by atoms with Crippen LogP contribution in [0.3, 0.4) is 0 Å². The van der Waals surface area contributed by atoms with Gasteiger partial charge in [-0.1, -0.05) is 231 Å². The van der Waals surface area contributed by atoms with Crippen LogP contribution in [-0.4, -0.2) is 393 Å². The standard InChI is InChI=1S/C90H163N3O37/c1-6-8-10-12-14-16-18-20-21-22-23-24-25-26-27-28-29-31-33-35-37-39-41-43-62(103)93-54(55(102)42-40-38-36-34-32-30-19-17-15-13-11-9-7-2)50-117-86-75(114)72(111)79(60(48-98)124-86)126-90-76(115)82(67(106)57(45-95)121-90)129-84-63(91-52(4)100)69(108)78(59(47-97)122-84)125-89-77(116)83(68(107)58(46-96)120-89)130-85-64(92-53(5)101)81(128-88-74(113)71(110)66(105)56(44-94)119-88)80(61(49-99)123-85)127-87-73(112)70(109)65(104)51(3)118-87/h40,42,51,54-61,63-90,94-99,102,104-116H,6-39,41,43-50H2,1-5H3,(H,91,100)(H,92,101)(H,93,103)/b42-40+/t51?,54-,55+,56?,57?,58?,59?,60?,61?,63?,64?,65+,66-,67-,68-,69+,70?,71-,72+,73-,74?,75?,76?,77?,78+,79+,80+,81+,82-,83-,84-,85-,86+,87+,88-,89-,90-/m0/s1. The molecular weight excluding hydrogens is 1710 g/mol. The SMILES string of the molecule is CCCCCCCCCCCCC/C=C/[C@@H](O)[C@H](CO[C@@H]1OC(CO)[C@@H](O[C@@H]2OC(CO)[C@H](O)[C@H](O[C@@H]3OC(CO)[C@@H](O[C@@H]4OC(CO)[C@H](O)[C@H](O[C@@H]5OC(CO)[C@@H](O[C@H]6OC(C)[C@@H](O)C(O)[C@@H]6O)[C@H](O[C@@H]6OC(CO)[C@H](O)[C@H](O)C6O)C5NC(C)=O)C4O)[C@H](O)C3NC(C)=O)C2O)[C@H](O)C1O)NC(=O)CCCCCCCCCCCCCCCCCCCCCCCCC. The van der Waals surface area contributed by atoms with E-state index in [-0.39, 0.29) is 12.3 Å². The third kappa shape index (κ3) is 35.0. The van der Waals surface area contributed by atoms with E-state index in [4.69, 9.17) is 66.3 Å². The lowest BCUT2D eigenvalue weighted by Gasteiger charge is -2.52. The summed E-state index contributed by atoms with van der Waals surface area (Å²) in [6.07, 6.45) is -20.4. The average molecular weight is 1880 g/mol. The summed E-state index contributed by atoms with van der Waals surface area (Å²) < 4.78 is 84.1. The molecule has 0 saturated carbocycles. The van der Waals surface area contributed by atoms with E-state index in [2.05, 4.69) is 29.8 Å². The van der Waals surface area contributed by atoms with Crippen molar-refractivity contribution in [1.29, 1.82) is 0 Å². The van der Waals surface area contributed by atoms with Gasteiger partial charge in [0.2, 0.25) is 17.7 Å². The summed E-state index contributed by atoms with van der Waals surface area (Å²) in [4.78, 5) is 40.0. The fraction of sp³-hybridized carbons (Fsp3) is 0.944. The number of hydrogen-bond donors (Lipinski definition) is 23. The van der Waals surface area contributed by atoms with Crippen LogP contribution in [0.4, 0.5) is 0 Å². The predicted octanol–water partition coefficient (Wildman–Crippen LogP) is -0.451. The van der Waals surface area contributed by atoms with Crippen molar-refractivity contribution in [2.24, 2.45) is 0 Å². The van der Waals surface area contributed by atoms with Gasteiger partial charge in [0.25, 0.3) is 0 Å². The maximum atomic E-state index is 13.7. The molecule has 40 heteroatoms. The highest BCUT2D eigenvalue weighted by molar-refractivity contribution is 5.76. The molecule has 14 unspecified atom stereocenters. The van der Waals surface area contributed by atoms with Crippen molar-refractivity contribution in [3.05, 3.63) is 12.2 Å². The first-order valence-corrected chi connectivity index (χ1v) is 48.3. The molecule has 23 N–H and O–H groups in total. The largest absolute Gasteiger partial charge is 0.394 e. The second-order valence-electron chi connectivity index (χ2n) is 36.3. The number of aliphatic hydroxyl groups is 20. The highest BCUT2D eigenvalue weighted by Gasteiger charge is 2.60. The zero-order valence-electron chi connectivity index (χ0n) is 76.8. The zero-order valence-corrected chi connectivity index (χ0v) is 76.8. The summed E-state index contributed by atoms with van der Waals surface area (Å²) in [7, 11) is 0. The van der Waals surface area contributed by atoms with Crippen LogP contribution in [-0.2, 0) is 80.7 Å². The average Bonchev–Trinajstić information content (AvgIpc) is 0.759. The van der Waals surface area contributed by atoms with Gasteiger partial charge in [0.05, 0.1) is 64.5 Å². The number of nitrogens with one attached hydrogen (secondary N) is 3. The lowest BCUT2D eigenvalue weighted by Crippen LogP contribution is -2.71. The van der Waals surface area contributed by atoms with E-state index in [0.29, 0.717) is 12.8 Å². The number of ether oxygens (including phenoxy) is 14. The summed E-state index contributed by atoms with van der Waals surface area (Å²) in [5.41, 5.74) is 0. The number of amides is 3. The molecule has 7 rings (SSSR count). The van der Waals surface area contributed by atoms with Gasteiger partial charge < -0.3 is 184 Å². The molecule has 7 aliphatic rings. The number of hydrogen-bond acceptors (Lipinski definition) is 37. The minimum absolute atomic E-state index is 0.165. The van der Waals surface area contributed by atoms with Gasteiger partial charge in [-0.2, -0.15) is 0 Å². The Kier molecular flexibility index (Phi) is 53.6. The second-order valence-corrected chi connectivity index (χ2v) is 36.3. The van der Waals surface area contributed by atoms with Crippen molar-refractivity contribution in [2.45, 2.75) is 493 Å². The second kappa shape index (κ2) is 61.3. The van der Waals surface area contributed by atoms with Crippen LogP contribution in [0.15, 0.2) is 12.2 Å². The Morgan fingerprint density at radius 3 is 1.05 bits per heavy atom. The molecule has 40 nitrogen and oxygen atoms in total. The summed E-state index contributed by atoms with van der Waals surface area (Å²) in [5, 5.41) is 233. The monoisotopic (exact) mass is 1880 g/mol. The van der Waals surface area contributed by atoms with Crippen molar-refractivity contribution >= 4 is 17.7 Å². The van der Waals surface area contributed by atoms with Gasteiger partial charge in [-0.15, -0.1) is 0 Å². The van der Waals surface area contributed by atoms with Crippen LogP contribution in [0.25, 0.3) is 0 Å². The molecule has 7 fully saturated rings. The van der Waals surface area contributed by atoms with Crippen molar-refractivity contribution in [3.8, 4) is 0 Å². The molecule has 0 aromatic carbocycles. The number of aliphatic hydroxyl groups excluding tert-OH is 20. The van der Waals surface area contributed by atoms with Gasteiger partial charge in [0, 0.05) is 20.3 Å². The summed E-state index contributed by atoms with van der Waals surface area (Å²) >= 11 is 0. The van der Waals surface area contributed by atoms with E-state index < -0.39 is 285 Å². The van der Waals surface area contributed by atoms with Gasteiger partial charge in [0.1, 0.15) is 165 Å². The molecule has 7 saturated heterocycles. The van der Waals surface area contributed by atoms with Crippen LogP contribution >= 0.6 is 0 Å². The highest BCUT2D eigenvalue weighted by atomic mass is 16.8. The maximum Gasteiger partial charge on any atom is 0.220 e. The topological polar surface area (TPSA) is 621 Å². The van der Waals surface area contributed by atoms with Crippen LogP contribution in [0, 0.1) is 0 Å². The van der Waals surface area contributed by atoms with E-state index in [0.717, 1.165) is 65.2 Å². The van der Waals surface area contributed by atoms with E-state index in [9.17, 15) is 117 Å². The molecule has 0 aromatic rings. The van der Waals surface area contributed by atoms with Gasteiger partial charge in [-0.05, 0) is 26.2 Å². The third-order valence-corrected chi connectivity index (χ3v) is 25.8. The first-order valence-electron chi connectivity index (χ1n) is 48.3. The summed E-state index contributed by atoms with van der Waals surface area (Å²) in [5.74, 6) is -2.16. The van der Waals surface area contributed by atoms with Crippen LogP contribution in [0.1, 0.15) is 266 Å². The molecule has 0 aliphatic carbocycles. The summed E-state index contributed by atoms with van der Waals surface area (Å²) in [6, 6.07) is -4.87. The smallest absolute Gasteiger partial charge is 0.220 e. The Morgan fingerprint density at radius 2 is 0.631 bits per heavy atom. The maximum absolute atomic E-state index is 13.7. The van der Waals surface area contributed by atoms with Crippen molar-refractivity contribution in [3.63, 3.8) is 0 Å².